The molecule has 1 fully saturated rings. The lowest BCUT2D eigenvalue weighted by Crippen LogP contribution is -2.30. The Morgan fingerprint density at radius 3 is 2.46 bits per heavy atom. The molecule has 0 atom stereocenters. The zero-order valence-corrected chi connectivity index (χ0v) is 21.0. The molecule has 0 aliphatic carbocycles. The molecule has 5 nitrogen and oxygen atoms in total. The third kappa shape index (κ3) is 7.21. The van der Waals surface area contributed by atoms with E-state index in [1.54, 1.807) is 35.2 Å². The van der Waals surface area contributed by atoms with E-state index < -0.39 is 17.6 Å². The van der Waals surface area contributed by atoms with E-state index in [1.165, 1.54) is 23.9 Å². The number of hydrogen-bond acceptors (Lipinski definition) is 5. The quantitative estimate of drug-likeness (QED) is 0.273. The van der Waals surface area contributed by atoms with E-state index in [0.29, 0.717) is 27.9 Å². The SMILES string of the molecule is O=C(COc1ccc(/C=C2\SC(=S)N(CCc3ccccc3)C2=O)cc1)Nc1cccc(C(F)(F)F)c1. The third-order valence-electron chi connectivity index (χ3n) is 5.36. The number of carbonyl (C=O) groups excluding carboxylic acids is 2. The Labute approximate surface area is 221 Å². The average molecular weight is 543 g/mol. The van der Waals surface area contributed by atoms with Crippen molar-refractivity contribution in [3.63, 3.8) is 0 Å². The van der Waals surface area contributed by atoms with Crippen molar-refractivity contribution in [2.24, 2.45) is 0 Å². The van der Waals surface area contributed by atoms with Crippen molar-refractivity contribution < 1.29 is 27.5 Å². The smallest absolute Gasteiger partial charge is 0.416 e. The fraction of sp³-hybridized carbons (Fsp3) is 0.148. The lowest BCUT2D eigenvalue weighted by Gasteiger charge is -2.14. The number of halogens is 3. The number of anilines is 1. The predicted octanol–water partition coefficient (Wildman–Crippen LogP) is 6.17. The van der Waals surface area contributed by atoms with Gasteiger partial charge >= 0.3 is 6.18 Å². The number of nitrogens with zero attached hydrogens (tertiary/aromatic N) is 1. The number of benzene rings is 3. The number of nitrogens with one attached hydrogen (secondary N) is 1. The van der Waals surface area contributed by atoms with Crippen molar-refractivity contribution in [2.45, 2.75) is 12.6 Å². The Hall–Kier alpha value is -3.63. The molecule has 0 unspecified atom stereocenters. The maximum atomic E-state index is 12.8. The van der Waals surface area contributed by atoms with E-state index in [0.717, 1.165) is 23.3 Å². The molecule has 0 bridgehead atoms. The van der Waals surface area contributed by atoms with Crippen LogP contribution in [0.3, 0.4) is 0 Å². The summed E-state index contributed by atoms with van der Waals surface area (Å²) in [7, 11) is 0. The minimum Gasteiger partial charge on any atom is -0.484 e. The van der Waals surface area contributed by atoms with Gasteiger partial charge in [-0.05, 0) is 54.0 Å². The molecular weight excluding hydrogens is 521 g/mol. The van der Waals surface area contributed by atoms with Crippen LogP contribution < -0.4 is 10.1 Å². The molecule has 0 saturated carbocycles. The average Bonchev–Trinajstić information content (AvgIpc) is 3.14. The largest absolute Gasteiger partial charge is 0.484 e. The number of hydrogen-bond donors (Lipinski definition) is 1. The van der Waals surface area contributed by atoms with Gasteiger partial charge in [-0.3, -0.25) is 14.5 Å². The second-order valence-corrected chi connectivity index (χ2v) is 9.73. The summed E-state index contributed by atoms with van der Waals surface area (Å²) in [5.74, 6) is -0.341. The highest BCUT2D eigenvalue weighted by Crippen LogP contribution is 2.33. The summed E-state index contributed by atoms with van der Waals surface area (Å²) in [6.07, 6.45) is -2.05. The van der Waals surface area contributed by atoms with E-state index >= 15 is 0 Å². The van der Waals surface area contributed by atoms with Crippen molar-refractivity contribution >= 4 is 51.9 Å². The highest BCUT2D eigenvalue weighted by molar-refractivity contribution is 8.26. The van der Waals surface area contributed by atoms with E-state index in [9.17, 15) is 22.8 Å². The molecule has 0 radical (unpaired) electrons. The minimum absolute atomic E-state index is 0.0276. The van der Waals surface area contributed by atoms with Gasteiger partial charge in [0.2, 0.25) is 0 Å². The summed E-state index contributed by atoms with van der Waals surface area (Å²) >= 11 is 6.64. The van der Waals surface area contributed by atoms with Crippen LogP contribution in [0.25, 0.3) is 6.08 Å². The van der Waals surface area contributed by atoms with E-state index in [1.807, 2.05) is 30.3 Å². The van der Waals surface area contributed by atoms with Gasteiger partial charge in [-0.15, -0.1) is 0 Å². The predicted molar refractivity (Wildman–Crippen MR) is 142 cm³/mol. The van der Waals surface area contributed by atoms with Crippen LogP contribution in [0.2, 0.25) is 0 Å². The molecule has 1 aliphatic heterocycles. The molecular formula is C27H21F3N2O3S2. The topological polar surface area (TPSA) is 58.6 Å². The fourth-order valence-electron chi connectivity index (χ4n) is 3.51. The molecule has 3 aromatic rings. The Morgan fingerprint density at radius 2 is 1.76 bits per heavy atom. The summed E-state index contributed by atoms with van der Waals surface area (Å²) in [4.78, 5) is 27.0. The molecule has 10 heteroatoms. The van der Waals surface area contributed by atoms with Gasteiger partial charge in [0.1, 0.15) is 10.1 Å². The summed E-state index contributed by atoms with van der Waals surface area (Å²) in [5.41, 5.74) is 1.05. The van der Waals surface area contributed by atoms with E-state index in [4.69, 9.17) is 17.0 Å². The third-order valence-corrected chi connectivity index (χ3v) is 6.74. The Bertz CT molecular complexity index is 1330. The van der Waals surface area contributed by atoms with E-state index in [-0.39, 0.29) is 18.2 Å². The van der Waals surface area contributed by atoms with Crippen LogP contribution in [-0.4, -0.2) is 34.2 Å². The van der Waals surface area contributed by atoms with Crippen molar-refractivity contribution in [1.29, 1.82) is 0 Å². The number of ether oxygens (including phenoxy) is 1. The van der Waals surface area contributed by atoms with Crippen LogP contribution >= 0.6 is 24.0 Å². The zero-order valence-electron chi connectivity index (χ0n) is 19.3. The van der Waals surface area contributed by atoms with Crippen molar-refractivity contribution in [3.8, 4) is 5.75 Å². The van der Waals surface area contributed by atoms with Crippen molar-refractivity contribution in [1.82, 2.24) is 4.90 Å². The second-order valence-electron chi connectivity index (χ2n) is 8.05. The lowest BCUT2D eigenvalue weighted by molar-refractivity contribution is -0.137. The second kappa shape index (κ2) is 11.6. The number of rotatable bonds is 8. The van der Waals surface area contributed by atoms with Gasteiger partial charge in [-0.25, -0.2) is 0 Å². The first-order valence-corrected chi connectivity index (χ1v) is 12.4. The maximum Gasteiger partial charge on any atom is 0.416 e. The van der Waals surface area contributed by atoms with Crippen molar-refractivity contribution in [2.75, 3.05) is 18.5 Å². The number of thiocarbonyl (C=S) groups is 1. The first kappa shape index (κ1) is 26.4. The highest BCUT2D eigenvalue weighted by Gasteiger charge is 2.32. The maximum absolute atomic E-state index is 12.8. The summed E-state index contributed by atoms with van der Waals surface area (Å²) in [6.45, 7) is 0.122. The Kier molecular flexibility index (Phi) is 8.30. The van der Waals surface area contributed by atoms with Gasteiger partial charge in [0.05, 0.1) is 10.5 Å². The molecule has 0 spiro atoms. The molecule has 1 saturated heterocycles. The molecule has 1 aliphatic rings. The van der Waals surface area contributed by atoms with Gasteiger partial charge in [-0.1, -0.05) is 72.5 Å². The lowest BCUT2D eigenvalue weighted by atomic mass is 10.1. The van der Waals surface area contributed by atoms with Gasteiger partial charge in [0.25, 0.3) is 11.8 Å². The highest BCUT2D eigenvalue weighted by atomic mass is 32.2. The summed E-state index contributed by atoms with van der Waals surface area (Å²) in [6, 6.07) is 21.0. The van der Waals surface area contributed by atoms with Crippen LogP contribution in [0, 0.1) is 0 Å². The number of thioether (sulfide) groups is 1. The molecule has 0 aromatic heterocycles. The van der Waals surface area contributed by atoms with Crippen LogP contribution in [0.5, 0.6) is 5.75 Å². The fourth-order valence-corrected chi connectivity index (χ4v) is 4.82. The molecule has 190 valence electrons. The summed E-state index contributed by atoms with van der Waals surface area (Å²) in [5, 5.41) is 2.39. The van der Waals surface area contributed by atoms with Crippen LogP contribution in [0.1, 0.15) is 16.7 Å². The molecule has 3 aromatic carbocycles. The normalized spacial score (nSPS) is 14.8. The molecule has 1 heterocycles. The number of amides is 2. The van der Waals surface area contributed by atoms with Gasteiger partial charge in [-0.2, -0.15) is 13.2 Å². The van der Waals surface area contributed by atoms with Crippen LogP contribution in [0.4, 0.5) is 18.9 Å². The van der Waals surface area contributed by atoms with Gasteiger partial charge in [0.15, 0.2) is 6.61 Å². The Morgan fingerprint density at radius 1 is 1.03 bits per heavy atom. The standard InChI is InChI=1S/C27H21F3N2O3S2/c28-27(29,30)20-7-4-8-21(16-20)31-24(33)17-35-22-11-9-19(10-12-22)15-23-25(34)32(26(36)37-23)14-13-18-5-2-1-3-6-18/h1-12,15-16H,13-14,17H2,(H,31,33)/b23-15-. The van der Waals surface area contributed by atoms with Gasteiger partial charge < -0.3 is 10.1 Å². The van der Waals surface area contributed by atoms with Crippen LogP contribution in [0.15, 0.2) is 83.8 Å². The molecule has 2 amide bonds. The molecule has 1 N–H and O–H groups in total. The van der Waals surface area contributed by atoms with Crippen LogP contribution in [-0.2, 0) is 22.2 Å². The minimum atomic E-state index is -4.50. The van der Waals surface area contributed by atoms with E-state index in [2.05, 4.69) is 5.32 Å². The monoisotopic (exact) mass is 542 g/mol. The molecule has 4 rings (SSSR count). The number of alkyl halides is 3. The Balaban J connectivity index is 1.30. The number of carbonyl (C=O) groups is 2. The first-order valence-electron chi connectivity index (χ1n) is 11.2. The zero-order chi connectivity index (χ0) is 26.4. The molecule has 37 heavy (non-hydrogen) atoms. The summed E-state index contributed by atoms with van der Waals surface area (Å²) < 4.78 is 44.4. The van der Waals surface area contributed by atoms with Gasteiger partial charge in [0, 0.05) is 12.2 Å². The first-order chi connectivity index (χ1) is 17.7. The van der Waals surface area contributed by atoms with Crippen molar-refractivity contribution in [3.05, 3.63) is 100 Å².